The minimum absolute atomic E-state index is 0.517. The number of nitriles is 1. The third-order valence-electron chi connectivity index (χ3n) is 8.21. The van der Waals surface area contributed by atoms with E-state index in [1.165, 1.54) is 0 Å². The van der Waals surface area contributed by atoms with E-state index in [4.69, 9.17) is 17.6 Å². The maximum absolute atomic E-state index is 9.58. The zero-order chi connectivity index (χ0) is 29.8. The molecular weight excluding hydrogens is 540 g/mol. The lowest BCUT2D eigenvalue weighted by Crippen LogP contribution is -1.94. The average Bonchev–Trinajstić information content (AvgIpc) is 3.63. The smallest absolute Gasteiger partial charge is 0.189 e. The predicted molar refractivity (Wildman–Crippen MR) is 176 cm³/mol. The summed E-state index contributed by atoms with van der Waals surface area (Å²) in [6.07, 6.45) is 0. The minimum atomic E-state index is 0.517. The van der Waals surface area contributed by atoms with E-state index in [1.54, 1.807) is 12.1 Å². The van der Waals surface area contributed by atoms with Crippen LogP contribution in [0.4, 0.5) is 11.4 Å². The Hall–Kier alpha value is -6.61. The second-order valence-corrected chi connectivity index (χ2v) is 10.7. The summed E-state index contributed by atoms with van der Waals surface area (Å²) in [6.45, 7) is 15.4. The quantitative estimate of drug-likeness (QED) is 0.202. The number of nitrogens with zero attached hydrogens (tertiary/aromatic N) is 4. The van der Waals surface area contributed by atoms with Crippen LogP contribution < -0.4 is 0 Å². The van der Waals surface area contributed by atoms with Crippen LogP contribution in [-0.4, -0.2) is 4.57 Å². The summed E-state index contributed by atoms with van der Waals surface area (Å²) >= 11 is 0. The van der Waals surface area contributed by atoms with E-state index in [0.717, 1.165) is 71.7 Å². The molecule has 8 rings (SSSR count). The first kappa shape index (κ1) is 25.1. The lowest BCUT2D eigenvalue weighted by Gasteiger charge is -2.13. The molecule has 0 aliphatic carbocycles. The zero-order valence-electron chi connectivity index (χ0n) is 23.2. The number of hydrogen-bond donors (Lipinski definition) is 0. The van der Waals surface area contributed by atoms with E-state index in [-0.39, 0.29) is 0 Å². The van der Waals surface area contributed by atoms with Gasteiger partial charge in [0, 0.05) is 27.4 Å². The van der Waals surface area contributed by atoms with E-state index >= 15 is 0 Å². The highest BCUT2D eigenvalue weighted by atomic mass is 16.3. The van der Waals surface area contributed by atoms with Crippen molar-refractivity contribution in [3.8, 4) is 34.0 Å². The molecule has 202 valence electrons. The molecule has 0 atom stereocenters. The molecule has 6 aromatic carbocycles. The molecule has 0 bridgehead atoms. The molecule has 44 heavy (non-hydrogen) atoms. The molecule has 0 saturated carbocycles. The van der Waals surface area contributed by atoms with Crippen LogP contribution in [0.15, 0.2) is 126 Å². The van der Waals surface area contributed by atoms with Crippen molar-refractivity contribution in [1.82, 2.24) is 4.57 Å². The first-order valence-electron chi connectivity index (χ1n) is 14.0. The predicted octanol–water partition coefficient (Wildman–Crippen LogP) is 11.0. The molecule has 0 aliphatic heterocycles. The molecule has 0 spiro atoms. The molecule has 0 aliphatic rings. The van der Waals surface area contributed by atoms with Gasteiger partial charge in [0.15, 0.2) is 11.4 Å². The molecular formula is C39H20N4O. The summed E-state index contributed by atoms with van der Waals surface area (Å²) in [5.41, 5.74) is 9.87. The van der Waals surface area contributed by atoms with E-state index in [1.807, 2.05) is 60.7 Å². The summed E-state index contributed by atoms with van der Waals surface area (Å²) < 4.78 is 8.43. The highest BCUT2D eigenvalue weighted by molar-refractivity contribution is 6.11. The van der Waals surface area contributed by atoms with Gasteiger partial charge in [0.2, 0.25) is 0 Å². The van der Waals surface area contributed by atoms with Crippen LogP contribution in [0.5, 0.6) is 0 Å². The maximum Gasteiger partial charge on any atom is 0.189 e. The van der Waals surface area contributed by atoms with Crippen LogP contribution in [0, 0.1) is 24.5 Å². The summed E-state index contributed by atoms with van der Waals surface area (Å²) in [4.78, 5) is 7.45. The number of rotatable bonds is 3. The zero-order valence-corrected chi connectivity index (χ0v) is 23.2. The Morgan fingerprint density at radius 2 is 1.34 bits per heavy atom. The lowest BCUT2D eigenvalue weighted by molar-refractivity contribution is 0.670. The second kappa shape index (κ2) is 9.74. The fourth-order valence-corrected chi connectivity index (χ4v) is 6.22. The Labute approximate surface area is 252 Å². The standard InChI is InChI=1S/C39H20N4O/c1-41-28-14-16-37-35(22-28)34-17-24(23-40)13-15-36(34)43(37)30-20-27(19-29(21-30)42-2)25-7-5-8-26(18-25)31-10-6-11-33-32-9-3-4-12-38(32)44-39(31)33/h3-22H. The van der Waals surface area contributed by atoms with Gasteiger partial charge in [-0.3, -0.25) is 0 Å². The Morgan fingerprint density at radius 1 is 0.591 bits per heavy atom. The molecule has 0 unspecified atom stereocenters. The fraction of sp³-hybridized carbons (Fsp3) is 0. The van der Waals surface area contributed by atoms with Gasteiger partial charge in [-0.15, -0.1) is 0 Å². The number of furan rings is 1. The van der Waals surface area contributed by atoms with Gasteiger partial charge in [-0.25, -0.2) is 9.69 Å². The summed E-state index contributed by atoms with van der Waals surface area (Å²) in [5, 5.41) is 13.5. The molecule has 0 amide bonds. The Bertz CT molecular complexity index is 2530. The summed E-state index contributed by atoms with van der Waals surface area (Å²) in [6, 6.07) is 41.9. The topological polar surface area (TPSA) is 50.6 Å². The van der Waals surface area contributed by atoms with E-state index < -0.39 is 0 Å². The van der Waals surface area contributed by atoms with Crippen molar-refractivity contribution in [2.24, 2.45) is 0 Å². The van der Waals surface area contributed by atoms with Gasteiger partial charge in [0.1, 0.15) is 11.2 Å². The average molecular weight is 561 g/mol. The van der Waals surface area contributed by atoms with Crippen molar-refractivity contribution in [2.75, 3.05) is 0 Å². The number of benzene rings is 6. The molecule has 5 nitrogen and oxygen atoms in total. The molecule has 8 aromatic rings. The van der Waals surface area contributed by atoms with Gasteiger partial charge < -0.3 is 8.98 Å². The minimum Gasteiger partial charge on any atom is -0.455 e. The third kappa shape index (κ3) is 3.84. The van der Waals surface area contributed by atoms with Crippen LogP contribution in [0.25, 0.3) is 81.4 Å². The highest BCUT2D eigenvalue weighted by Crippen LogP contribution is 2.40. The number of fused-ring (bicyclic) bond motifs is 6. The second-order valence-electron chi connectivity index (χ2n) is 10.7. The fourth-order valence-electron chi connectivity index (χ4n) is 6.22. The van der Waals surface area contributed by atoms with E-state index in [0.29, 0.717) is 16.9 Å². The van der Waals surface area contributed by atoms with Crippen molar-refractivity contribution >= 4 is 55.1 Å². The van der Waals surface area contributed by atoms with E-state index in [2.05, 4.69) is 68.9 Å². The van der Waals surface area contributed by atoms with Crippen LogP contribution in [0.1, 0.15) is 5.56 Å². The van der Waals surface area contributed by atoms with Crippen molar-refractivity contribution in [2.45, 2.75) is 0 Å². The SMILES string of the molecule is [C-]#[N+]c1cc(-c2cccc(-c3cccc4c3oc3ccccc34)c2)cc(-n2c3ccc(C#N)cc3c3cc([N+]#[C-])ccc32)c1. The highest BCUT2D eigenvalue weighted by Gasteiger charge is 2.16. The Morgan fingerprint density at radius 3 is 2.18 bits per heavy atom. The molecule has 0 radical (unpaired) electrons. The van der Waals surface area contributed by atoms with E-state index in [9.17, 15) is 5.26 Å². The van der Waals surface area contributed by atoms with Gasteiger partial charge in [-0.1, -0.05) is 60.7 Å². The van der Waals surface area contributed by atoms with Gasteiger partial charge in [-0.2, -0.15) is 5.26 Å². The monoisotopic (exact) mass is 560 g/mol. The molecule has 0 fully saturated rings. The van der Waals surface area contributed by atoms with Gasteiger partial charge in [-0.05, 0) is 82.7 Å². The molecule has 2 aromatic heterocycles. The van der Waals surface area contributed by atoms with Crippen molar-refractivity contribution in [1.29, 1.82) is 5.26 Å². The van der Waals surface area contributed by atoms with Crippen LogP contribution in [-0.2, 0) is 0 Å². The van der Waals surface area contributed by atoms with Crippen molar-refractivity contribution in [3.05, 3.63) is 150 Å². The molecule has 0 saturated heterocycles. The van der Waals surface area contributed by atoms with Crippen LogP contribution >= 0.6 is 0 Å². The Balaban J connectivity index is 1.33. The third-order valence-corrected chi connectivity index (χ3v) is 8.21. The lowest BCUT2D eigenvalue weighted by atomic mass is 9.97. The van der Waals surface area contributed by atoms with Gasteiger partial charge in [0.05, 0.1) is 35.8 Å². The van der Waals surface area contributed by atoms with Crippen LogP contribution in [0.3, 0.4) is 0 Å². The molecule has 2 heterocycles. The number of hydrogen-bond acceptors (Lipinski definition) is 2. The van der Waals surface area contributed by atoms with Gasteiger partial charge in [0.25, 0.3) is 0 Å². The normalized spacial score (nSPS) is 11.1. The maximum atomic E-state index is 9.58. The summed E-state index contributed by atoms with van der Waals surface area (Å²) in [7, 11) is 0. The first-order valence-corrected chi connectivity index (χ1v) is 14.0. The van der Waals surface area contributed by atoms with Gasteiger partial charge >= 0.3 is 0 Å². The van der Waals surface area contributed by atoms with Crippen molar-refractivity contribution < 1.29 is 4.42 Å². The Kier molecular flexibility index (Phi) is 5.56. The number of para-hydroxylation sites is 2. The van der Waals surface area contributed by atoms with Crippen molar-refractivity contribution in [3.63, 3.8) is 0 Å². The number of aromatic nitrogens is 1. The summed E-state index contributed by atoms with van der Waals surface area (Å²) in [5.74, 6) is 0. The van der Waals surface area contributed by atoms with Crippen LogP contribution in [0.2, 0.25) is 0 Å². The largest absolute Gasteiger partial charge is 0.455 e. The molecule has 5 heteroatoms. The molecule has 0 N–H and O–H groups in total. The first-order chi connectivity index (χ1) is 21.6.